The maximum Gasteiger partial charge on any atom is 0.323 e. The summed E-state index contributed by atoms with van der Waals surface area (Å²) in [6.07, 6.45) is -1.42. The molecule has 11 N–H and O–H groups in total. The van der Waals surface area contributed by atoms with Crippen LogP contribution >= 0.6 is 0 Å². The molecule has 6 saturated heterocycles. The number of carbonyl (C=O) groups excluding carboxylic acids is 6. The quantitative estimate of drug-likeness (QED) is 0.0414. The number of carboxylic acids is 3. The number of anilines is 3. The molecule has 3 aromatic carbocycles. The minimum Gasteiger partial charge on any atom is -0.481 e. The topological polar surface area (TPSA) is 528 Å². The molecule has 0 aliphatic carbocycles. The Labute approximate surface area is 639 Å². The predicted octanol–water partition coefficient (Wildman–Crippen LogP) is 3.11. The third-order valence-electron chi connectivity index (χ3n) is 18.1. The number of nitrogens with one attached hydrogen (secondary N) is 8. The third-order valence-corrected chi connectivity index (χ3v) is 18.1. The number of nitrogens with zero attached hydrogens (tertiary/aromatic N) is 13. The number of urea groups is 3. The lowest BCUT2D eigenvalue weighted by Gasteiger charge is -2.23. The molecule has 9 amide bonds. The summed E-state index contributed by atoms with van der Waals surface area (Å²) in [4.78, 5) is 148. The molecule has 6 fully saturated rings. The first-order chi connectivity index (χ1) is 54.8. The van der Waals surface area contributed by atoms with Gasteiger partial charge >= 0.3 is 36.0 Å². The van der Waals surface area contributed by atoms with Gasteiger partial charge in [0.25, 0.3) is 17.7 Å². The van der Waals surface area contributed by atoms with E-state index in [1.165, 1.54) is 45.0 Å². The smallest absolute Gasteiger partial charge is 0.323 e. The molecule has 0 saturated carbocycles. The zero-order chi connectivity index (χ0) is 79.4. The van der Waals surface area contributed by atoms with Crippen molar-refractivity contribution in [3.8, 4) is 0 Å². The Morgan fingerprint density at radius 3 is 1.17 bits per heavy atom. The molecule has 42 nitrogen and oxygen atoms in total. The summed E-state index contributed by atoms with van der Waals surface area (Å²) in [7, 11) is 1.38. The van der Waals surface area contributed by atoms with Crippen molar-refractivity contribution in [3.63, 3.8) is 0 Å². The van der Waals surface area contributed by atoms with E-state index >= 15 is 0 Å². The molecule has 6 aliphatic heterocycles. The fraction of sp³-hybridized carbons (Fsp3) is 0.380. The summed E-state index contributed by atoms with van der Waals surface area (Å²) in [5.41, 5.74) is 4.46. The lowest BCUT2D eigenvalue weighted by Crippen LogP contribution is -2.44. The number of likely N-dealkylation sites (N-methyl/N-ethyl adjacent to an activating group) is 1. The van der Waals surface area contributed by atoms with Gasteiger partial charge in [-0.15, -0.1) is 0 Å². The van der Waals surface area contributed by atoms with Gasteiger partial charge in [-0.1, -0.05) is 97.1 Å². The maximum atomic E-state index is 13.2. The number of carboxylic acid groups (broad SMARTS) is 3. The van der Waals surface area contributed by atoms with E-state index in [1.54, 1.807) is 40.5 Å². The van der Waals surface area contributed by atoms with Crippen LogP contribution < -0.4 is 42.5 Å². The second-order valence-electron chi connectivity index (χ2n) is 25.6. The van der Waals surface area contributed by atoms with Gasteiger partial charge in [-0.25, -0.2) is 59.2 Å². The summed E-state index contributed by atoms with van der Waals surface area (Å²) in [6.45, 7) is 6.04. The van der Waals surface area contributed by atoms with Crippen LogP contribution in [0.15, 0.2) is 135 Å². The van der Waals surface area contributed by atoms with E-state index in [-0.39, 0.29) is 43.4 Å². The number of fused-ring (bicyclic) bond motifs is 6. The number of aliphatic carboxylic acids is 3. The molecular formula is C71H77N21O21. The van der Waals surface area contributed by atoms with Crippen molar-refractivity contribution >= 4 is 111 Å². The molecule has 0 bridgehead atoms. The molecule has 6 aromatic heterocycles. The summed E-state index contributed by atoms with van der Waals surface area (Å²) in [5.74, 6) is -4.22. The minimum atomic E-state index is -1.16. The van der Waals surface area contributed by atoms with Crippen LogP contribution in [-0.4, -0.2) is 240 Å². The van der Waals surface area contributed by atoms with Crippen molar-refractivity contribution in [2.45, 2.75) is 126 Å². The van der Waals surface area contributed by atoms with Crippen LogP contribution in [-0.2, 0) is 71.4 Å². The summed E-state index contributed by atoms with van der Waals surface area (Å²) in [6, 6.07) is 26.8. The van der Waals surface area contributed by atoms with Crippen LogP contribution in [0.1, 0.15) is 81.6 Å². The van der Waals surface area contributed by atoms with Crippen molar-refractivity contribution in [2.75, 3.05) is 62.3 Å². The number of rotatable bonds is 24. The number of benzene rings is 3. The number of imidazole rings is 3. The minimum absolute atomic E-state index is 0.0604. The highest BCUT2D eigenvalue weighted by Gasteiger charge is 2.59. The van der Waals surface area contributed by atoms with Crippen molar-refractivity contribution in [3.05, 3.63) is 152 Å². The standard InChI is InChI=1S/C25H27N7O7.2C23H25N7O7/c1-2-26-25(36)31-21-17-22(29-12-28-21)32(13-30-17)24-20-18(19(39-24)23(35)27-11-10-15(33)34)37-16(38-20)9-8-14-6-4-3-5-7-14;1-3-24-23(34)28-18-14-19(26-10-25-18)30(11-27-14)21-17-15(16(35-21)20(33)29(2)9-13(31)32)36-22(37-17)12-7-5-4-6-8-12;1-2-24-23(34)29-18-14-19(27-10-26-18)30(11-28-14)21-17-15(16(35-21)20(33)25-9-8-13(31)32)36-22(37-17)12-6-4-3-5-7-12/h3-9,12-13,16,18-20,24H,2,10-11H2,1H3,(H,27,35)(H,33,34)(H2,26,28,29,31,36);4-8,10-11,15-17,21-22H,3,9H2,1-2H3,(H,31,32)(H2,24,25,26,28,34);3-7,10-11,15-17,21-22H,2,8-9H2,1H3,(H,25,33)(H,31,32)(H2,24,26,27,29,34)/b9-8+;;/t16-,18?,19?,20?,24?;2*15?,16?,17?,21?,22-/m000/s1. The predicted molar refractivity (Wildman–Crippen MR) is 388 cm³/mol. The van der Waals surface area contributed by atoms with Gasteiger partial charge in [-0.05, 0) is 32.4 Å². The van der Waals surface area contributed by atoms with E-state index in [0.29, 0.717) is 53.1 Å². The van der Waals surface area contributed by atoms with Crippen molar-refractivity contribution in [2.24, 2.45) is 0 Å². The number of hydrogen-bond donors (Lipinski definition) is 11. The Hall–Kier alpha value is -12.7. The molecule has 592 valence electrons. The van der Waals surface area contributed by atoms with Gasteiger partial charge in [-0.2, -0.15) is 0 Å². The lowest BCUT2D eigenvalue weighted by atomic mass is 10.1. The first-order valence-electron chi connectivity index (χ1n) is 35.6. The highest BCUT2D eigenvalue weighted by Crippen LogP contribution is 2.48. The Kier molecular flexibility index (Phi) is 24.7. The molecule has 15 rings (SSSR count). The SMILES string of the molecule is CCNC(=O)Nc1ncnc2c1ncn2C1OC(C(=O)N(C)CC(=O)O)C2O[C@H](c3ccccc3)OC21.CCNC(=O)Nc1ncnc2c1ncn2C1OC(C(=O)NCCC(=O)O)C2O[C@H](/C=C/c3ccccc3)OC21.CCNC(=O)Nc1ncnc2c1ncn2C1OC(C(=O)NCCC(=O)O)C2O[C@H](c3ccccc3)OC21. The van der Waals surface area contributed by atoms with Crippen LogP contribution in [0.5, 0.6) is 0 Å². The van der Waals surface area contributed by atoms with E-state index < -0.39 is 153 Å². The Balaban J connectivity index is 0.000000148. The summed E-state index contributed by atoms with van der Waals surface area (Å²) in [5, 5.41) is 47.9. The number of carbonyl (C=O) groups is 9. The normalized spacial score (nSPS) is 24.4. The van der Waals surface area contributed by atoms with Gasteiger partial charge in [0.1, 0.15) is 62.2 Å². The van der Waals surface area contributed by atoms with Crippen molar-refractivity contribution in [1.82, 2.24) is 90.0 Å². The molecule has 12 heterocycles. The van der Waals surface area contributed by atoms with Gasteiger partial charge in [0.05, 0.1) is 31.8 Å². The first kappa shape index (κ1) is 78.4. The van der Waals surface area contributed by atoms with E-state index in [0.717, 1.165) is 21.6 Å². The van der Waals surface area contributed by atoms with Crippen molar-refractivity contribution in [1.29, 1.82) is 0 Å². The molecule has 113 heavy (non-hydrogen) atoms. The molecule has 15 atom stereocenters. The van der Waals surface area contributed by atoms with Gasteiger partial charge in [0.2, 0.25) is 0 Å². The Bertz CT molecular complexity index is 4970. The highest BCUT2D eigenvalue weighted by molar-refractivity contribution is 5.98. The van der Waals surface area contributed by atoms with Crippen molar-refractivity contribution < 1.29 is 101 Å². The average molecular weight is 1560 g/mol. The van der Waals surface area contributed by atoms with E-state index in [1.807, 2.05) is 97.1 Å². The zero-order valence-electron chi connectivity index (χ0n) is 60.6. The highest BCUT2D eigenvalue weighted by atomic mass is 16.8. The second kappa shape index (κ2) is 35.6. The van der Waals surface area contributed by atoms with E-state index in [2.05, 4.69) is 87.4 Å². The number of aromatic nitrogens is 12. The molecule has 9 aromatic rings. The number of hydrogen-bond acceptors (Lipinski definition) is 27. The zero-order valence-corrected chi connectivity index (χ0v) is 60.6. The monoisotopic (exact) mass is 1560 g/mol. The van der Waals surface area contributed by atoms with Gasteiger partial charge in [-0.3, -0.25) is 58.4 Å². The average Bonchev–Trinajstić information content (AvgIpc) is 1.60. The largest absolute Gasteiger partial charge is 0.481 e. The Morgan fingerprint density at radius 2 is 0.779 bits per heavy atom. The van der Waals surface area contributed by atoms with E-state index in [9.17, 15) is 43.2 Å². The number of ether oxygens (including phenoxy) is 9. The van der Waals surface area contributed by atoms with Crippen LogP contribution in [0.3, 0.4) is 0 Å². The number of amides is 9. The first-order valence-corrected chi connectivity index (χ1v) is 35.6. The van der Waals surface area contributed by atoms with Crippen LogP contribution in [0.2, 0.25) is 0 Å². The molecular weight excluding hydrogens is 1480 g/mol. The Morgan fingerprint density at radius 1 is 0.425 bits per heavy atom. The lowest BCUT2D eigenvalue weighted by molar-refractivity contribution is -0.169. The molecule has 0 radical (unpaired) electrons. The fourth-order valence-electron chi connectivity index (χ4n) is 13.1. The third kappa shape index (κ3) is 17.7. The molecule has 12 unspecified atom stereocenters. The summed E-state index contributed by atoms with van der Waals surface area (Å²) >= 11 is 0. The maximum absolute atomic E-state index is 13.2. The molecule has 6 aliphatic rings. The van der Waals surface area contributed by atoms with Crippen LogP contribution in [0.4, 0.5) is 31.8 Å². The van der Waals surface area contributed by atoms with E-state index in [4.69, 9.17) is 58.0 Å². The molecule has 0 spiro atoms. The van der Waals surface area contributed by atoms with Gasteiger partial charge in [0.15, 0.2) is 107 Å². The van der Waals surface area contributed by atoms with Gasteiger partial charge in [0, 0.05) is 50.9 Å². The van der Waals surface area contributed by atoms with Gasteiger partial charge < -0.3 is 89.4 Å². The molecule has 42 heteroatoms. The van der Waals surface area contributed by atoms with Crippen LogP contribution in [0.25, 0.3) is 39.6 Å². The van der Waals surface area contributed by atoms with Crippen LogP contribution in [0, 0.1) is 0 Å². The summed E-state index contributed by atoms with van der Waals surface area (Å²) < 4.78 is 60.0. The second-order valence-corrected chi connectivity index (χ2v) is 25.6. The fourth-order valence-corrected chi connectivity index (χ4v) is 13.1.